The molecule has 9 heteroatoms. The van der Waals surface area contributed by atoms with E-state index in [-0.39, 0.29) is 6.54 Å². The maximum absolute atomic E-state index is 13.0. The molecule has 0 unspecified atom stereocenters. The second kappa shape index (κ2) is 7.48. The van der Waals surface area contributed by atoms with E-state index in [1.54, 1.807) is 37.4 Å². The maximum Gasteiger partial charge on any atom is 0.293 e. The molecule has 0 aliphatic rings. The van der Waals surface area contributed by atoms with Gasteiger partial charge in [0.1, 0.15) is 17.9 Å². The fourth-order valence-electron chi connectivity index (χ4n) is 3.00. The minimum atomic E-state index is -0.461. The van der Waals surface area contributed by atoms with Crippen LogP contribution in [0.2, 0.25) is 5.02 Å². The molecule has 0 spiro atoms. The van der Waals surface area contributed by atoms with Gasteiger partial charge in [-0.15, -0.1) is 0 Å². The van der Waals surface area contributed by atoms with Crippen LogP contribution in [0.25, 0.3) is 16.6 Å². The summed E-state index contributed by atoms with van der Waals surface area (Å²) in [5, 5.41) is 12.2. The molecule has 2 aromatic carbocycles. The lowest BCUT2D eigenvalue weighted by Gasteiger charge is -2.09. The third-order valence-corrected chi connectivity index (χ3v) is 4.58. The van der Waals surface area contributed by atoms with E-state index < -0.39 is 17.3 Å². The molecule has 29 heavy (non-hydrogen) atoms. The predicted octanol–water partition coefficient (Wildman–Crippen LogP) is 3.32. The summed E-state index contributed by atoms with van der Waals surface area (Å²) in [6.45, 7) is 1.44. The fraction of sp³-hybridized carbons (Fsp3) is 0.100. The summed E-state index contributed by atoms with van der Waals surface area (Å²) in [4.78, 5) is 25.4. The fourth-order valence-corrected chi connectivity index (χ4v) is 3.19. The molecule has 4 rings (SSSR count). The lowest BCUT2D eigenvalue weighted by Crippen LogP contribution is -2.31. The van der Waals surface area contributed by atoms with Crippen molar-refractivity contribution >= 4 is 34.1 Å². The first-order valence-electron chi connectivity index (χ1n) is 8.69. The molecular weight excluding hydrogens is 397 g/mol. The Balaban J connectivity index is 1.71. The maximum atomic E-state index is 13.0. The smallest absolute Gasteiger partial charge is 0.293 e. The second-order valence-electron chi connectivity index (χ2n) is 6.40. The van der Waals surface area contributed by atoms with Gasteiger partial charge in [0, 0.05) is 16.1 Å². The molecule has 0 aliphatic heterocycles. The summed E-state index contributed by atoms with van der Waals surface area (Å²) < 4.78 is 15.6. The lowest BCUT2D eigenvalue weighted by molar-refractivity contribution is -0.117. The van der Waals surface area contributed by atoms with E-state index in [2.05, 4.69) is 15.5 Å². The molecule has 4 aromatic rings. The van der Waals surface area contributed by atoms with Gasteiger partial charge in [-0.2, -0.15) is 10.2 Å². The highest BCUT2D eigenvalue weighted by atomic mass is 35.5. The Morgan fingerprint density at radius 1 is 1.21 bits per heavy atom. The van der Waals surface area contributed by atoms with Gasteiger partial charge in [0.2, 0.25) is 5.91 Å². The highest BCUT2D eigenvalue weighted by molar-refractivity contribution is 6.30. The van der Waals surface area contributed by atoms with Gasteiger partial charge in [0.15, 0.2) is 0 Å². The minimum Gasteiger partial charge on any atom is -0.324 e. The largest absolute Gasteiger partial charge is 0.324 e. The van der Waals surface area contributed by atoms with Crippen LogP contribution in [0.4, 0.5) is 10.1 Å². The van der Waals surface area contributed by atoms with Crippen molar-refractivity contribution < 1.29 is 9.18 Å². The number of benzene rings is 2. The normalized spacial score (nSPS) is 11.0. The molecule has 146 valence electrons. The number of fused-ring (bicyclic) bond motifs is 1. The number of carbonyl (C=O) groups is 1. The Bertz CT molecular complexity index is 1280. The molecule has 0 bridgehead atoms. The summed E-state index contributed by atoms with van der Waals surface area (Å²) in [5.74, 6) is -0.866. The molecule has 1 N–H and O–H groups in total. The molecule has 0 saturated carbocycles. The van der Waals surface area contributed by atoms with Crippen LogP contribution in [0.1, 0.15) is 5.69 Å². The van der Waals surface area contributed by atoms with Gasteiger partial charge in [-0.05, 0) is 49.4 Å². The van der Waals surface area contributed by atoms with Gasteiger partial charge in [0.05, 0.1) is 17.6 Å². The number of halogens is 2. The summed E-state index contributed by atoms with van der Waals surface area (Å²) in [6.07, 6.45) is 1.56. The Kier molecular flexibility index (Phi) is 4.85. The first-order valence-corrected chi connectivity index (χ1v) is 9.07. The molecule has 0 fully saturated rings. The lowest BCUT2D eigenvalue weighted by atomic mass is 10.2. The first kappa shape index (κ1) is 18.8. The minimum absolute atomic E-state index is 0.298. The number of rotatable bonds is 4. The quantitative estimate of drug-likeness (QED) is 0.558. The van der Waals surface area contributed by atoms with E-state index in [1.807, 2.05) is 0 Å². The van der Waals surface area contributed by atoms with Crippen LogP contribution in [-0.4, -0.2) is 25.5 Å². The zero-order chi connectivity index (χ0) is 20.5. The van der Waals surface area contributed by atoms with E-state index in [0.29, 0.717) is 33.0 Å². The van der Waals surface area contributed by atoms with Crippen LogP contribution in [-0.2, 0) is 11.3 Å². The highest BCUT2D eigenvalue weighted by Gasteiger charge is 2.17. The van der Waals surface area contributed by atoms with E-state index in [4.69, 9.17) is 11.6 Å². The Morgan fingerprint density at radius 2 is 1.97 bits per heavy atom. The zero-order valence-corrected chi connectivity index (χ0v) is 16.0. The molecule has 0 radical (unpaired) electrons. The molecular formula is C20H15ClFN5O2. The van der Waals surface area contributed by atoms with E-state index in [9.17, 15) is 14.0 Å². The molecule has 7 nitrogen and oxygen atoms in total. The van der Waals surface area contributed by atoms with Crippen molar-refractivity contribution in [3.63, 3.8) is 0 Å². The van der Waals surface area contributed by atoms with Crippen molar-refractivity contribution in [3.8, 4) is 5.69 Å². The van der Waals surface area contributed by atoms with Crippen molar-refractivity contribution in [3.05, 3.63) is 81.6 Å². The van der Waals surface area contributed by atoms with Crippen molar-refractivity contribution in [2.24, 2.45) is 0 Å². The highest BCUT2D eigenvalue weighted by Crippen LogP contribution is 2.19. The summed E-state index contributed by atoms with van der Waals surface area (Å²) >= 11 is 6.06. The van der Waals surface area contributed by atoms with Crippen LogP contribution in [0, 0.1) is 12.7 Å². The Labute approximate surface area is 169 Å². The Morgan fingerprint density at radius 3 is 2.69 bits per heavy atom. The topological polar surface area (TPSA) is 81.8 Å². The number of aryl methyl sites for hydroxylation is 1. The van der Waals surface area contributed by atoms with Crippen molar-refractivity contribution in [1.29, 1.82) is 0 Å². The number of nitrogens with one attached hydrogen (secondary N) is 1. The van der Waals surface area contributed by atoms with Gasteiger partial charge < -0.3 is 5.32 Å². The van der Waals surface area contributed by atoms with Crippen molar-refractivity contribution in [1.82, 2.24) is 19.6 Å². The zero-order valence-electron chi connectivity index (χ0n) is 15.3. The average molecular weight is 412 g/mol. The molecule has 0 saturated heterocycles. The number of anilines is 1. The molecule has 2 heterocycles. The summed E-state index contributed by atoms with van der Waals surface area (Å²) in [6, 6.07) is 12.3. The summed E-state index contributed by atoms with van der Waals surface area (Å²) in [7, 11) is 0. The van der Waals surface area contributed by atoms with Crippen LogP contribution in [0.5, 0.6) is 0 Å². The average Bonchev–Trinajstić information content (AvgIpc) is 3.14. The standard InChI is InChI=1S/C20H15ClFN5O2/c1-12-17-10-23-27(16-4-2-3-13(21)9-16)19(17)20(29)26(25-12)11-18(28)24-15-7-5-14(22)6-8-15/h2-10H,11H2,1H3,(H,24,28). The van der Waals surface area contributed by atoms with Gasteiger partial charge >= 0.3 is 0 Å². The Hall–Kier alpha value is -3.52. The third kappa shape index (κ3) is 3.74. The van der Waals surface area contributed by atoms with Crippen molar-refractivity contribution in [2.75, 3.05) is 5.32 Å². The predicted molar refractivity (Wildman–Crippen MR) is 108 cm³/mol. The number of aromatic nitrogens is 4. The number of amides is 1. The molecule has 2 aromatic heterocycles. The van der Waals surface area contributed by atoms with Crippen molar-refractivity contribution in [2.45, 2.75) is 13.5 Å². The van der Waals surface area contributed by atoms with Crippen LogP contribution in [0.3, 0.4) is 0 Å². The van der Waals surface area contributed by atoms with Gasteiger partial charge in [-0.25, -0.2) is 13.8 Å². The number of nitrogens with zero attached hydrogens (tertiary/aromatic N) is 4. The molecule has 0 aliphatic carbocycles. The van der Waals surface area contributed by atoms with Gasteiger partial charge in [-0.3, -0.25) is 9.59 Å². The second-order valence-corrected chi connectivity index (χ2v) is 6.84. The first-order chi connectivity index (χ1) is 13.9. The van der Waals surface area contributed by atoms with Gasteiger partial charge in [-0.1, -0.05) is 17.7 Å². The third-order valence-electron chi connectivity index (χ3n) is 4.34. The number of hydrogen-bond acceptors (Lipinski definition) is 4. The molecule has 0 atom stereocenters. The number of hydrogen-bond donors (Lipinski definition) is 1. The summed E-state index contributed by atoms with van der Waals surface area (Å²) in [5.41, 5.74) is 1.44. The van der Waals surface area contributed by atoms with Crippen LogP contribution in [0.15, 0.2) is 59.5 Å². The van der Waals surface area contributed by atoms with Crippen LogP contribution < -0.4 is 10.9 Å². The molecule has 1 amide bonds. The van der Waals surface area contributed by atoms with E-state index in [0.717, 1.165) is 4.68 Å². The van der Waals surface area contributed by atoms with Crippen LogP contribution >= 0.6 is 11.6 Å². The van der Waals surface area contributed by atoms with E-state index >= 15 is 0 Å². The van der Waals surface area contributed by atoms with Gasteiger partial charge in [0.25, 0.3) is 5.56 Å². The monoisotopic (exact) mass is 411 g/mol. The SMILES string of the molecule is Cc1nn(CC(=O)Nc2ccc(F)cc2)c(=O)c2c1cnn2-c1cccc(Cl)c1. The number of carbonyl (C=O) groups excluding carboxylic acids is 1. The van der Waals surface area contributed by atoms with E-state index in [1.165, 1.54) is 28.9 Å².